The summed E-state index contributed by atoms with van der Waals surface area (Å²) >= 11 is 13.5. The van der Waals surface area contributed by atoms with Crippen LogP contribution in [0.1, 0.15) is 35.2 Å². The van der Waals surface area contributed by atoms with Crippen molar-refractivity contribution in [2.45, 2.75) is 19.5 Å². The van der Waals surface area contributed by atoms with Crippen molar-refractivity contribution in [1.82, 2.24) is 4.57 Å². The third-order valence-electron chi connectivity index (χ3n) is 7.94. The van der Waals surface area contributed by atoms with Crippen molar-refractivity contribution in [3.05, 3.63) is 161 Å². The van der Waals surface area contributed by atoms with Gasteiger partial charge in [-0.15, -0.1) is 0 Å². The molecule has 0 unspecified atom stereocenters. The molecule has 1 amide bonds. The Labute approximate surface area is 277 Å². The summed E-state index contributed by atoms with van der Waals surface area (Å²) in [5, 5.41) is 1.11. The van der Waals surface area contributed by atoms with Gasteiger partial charge < -0.3 is 9.64 Å². The molecule has 0 bridgehead atoms. The molecular weight excluding hydrogens is 641 g/mol. The highest BCUT2D eigenvalue weighted by atomic mass is 35.5. The first-order valence-electron chi connectivity index (χ1n) is 14.6. The highest BCUT2D eigenvalue weighted by Crippen LogP contribution is 2.38. The normalized spacial score (nSPS) is 16.6. The molecule has 46 heavy (non-hydrogen) atoms. The highest BCUT2D eigenvalue weighted by Gasteiger charge is 2.38. The summed E-state index contributed by atoms with van der Waals surface area (Å²) in [6, 6.07) is 30.2. The van der Waals surface area contributed by atoms with Crippen molar-refractivity contribution < 1.29 is 14.3 Å². The number of fused-ring (bicyclic) bond motifs is 2. The van der Waals surface area contributed by atoms with Crippen LogP contribution < -0.4 is 19.8 Å². The fourth-order valence-corrected chi connectivity index (χ4v) is 7.22. The van der Waals surface area contributed by atoms with Gasteiger partial charge in [-0.25, -0.2) is 9.79 Å². The number of benzene rings is 4. The minimum Gasteiger partial charge on any atom is -0.463 e. The van der Waals surface area contributed by atoms with Crippen molar-refractivity contribution >= 4 is 63.4 Å². The summed E-state index contributed by atoms with van der Waals surface area (Å²) in [7, 11) is 0. The topological polar surface area (TPSA) is 81.0 Å². The fraction of sp³-hybridized carbons (Fsp3) is 0.111. The summed E-state index contributed by atoms with van der Waals surface area (Å²) in [6.45, 7) is 2.17. The average Bonchev–Trinajstić information content (AvgIpc) is 3.54. The Balaban J connectivity index is 1.49. The van der Waals surface area contributed by atoms with Crippen molar-refractivity contribution in [1.29, 1.82) is 0 Å². The van der Waals surface area contributed by atoms with Crippen molar-refractivity contribution in [2.24, 2.45) is 4.99 Å². The van der Waals surface area contributed by atoms with Gasteiger partial charge in [0.25, 0.3) is 11.5 Å². The molecule has 0 fully saturated rings. The van der Waals surface area contributed by atoms with Crippen LogP contribution >= 0.6 is 34.5 Å². The van der Waals surface area contributed by atoms with E-state index in [9.17, 15) is 14.4 Å². The van der Waals surface area contributed by atoms with Gasteiger partial charge >= 0.3 is 5.97 Å². The number of hydrogen-bond acceptors (Lipinski definition) is 6. The average molecular weight is 667 g/mol. The first-order valence-corrected chi connectivity index (χ1v) is 16.1. The molecule has 2 aliphatic heterocycles. The number of thiazole rings is 1. The number of aromatic nitrogens is 1. The maximum absolute atomic E-state index is 14.6. The number of carbonyl (C=O) groups excluding carboxylic acids is 2. The molecular formula is C36H25Cl2N3O4S. The van der Waals surface area contributed by atoms with Crippen LogP contribution in [0.3, 0.4) is 0 Å². The van der Waals surface area contributed by atoms with E-state index in [1.54, 1.807) is 48.2 Å². The first kappa shape index (κ1) is 29.9. The van der Waals surface area contributed by atoms with E-state index in [1.807, 2.05) is 66.7 Å². The van der Waals surface area contributed by atoms with Crippen LogP contribution in [0.25, 0.3) is 11.3 Å². The first-order chi connectivity index (χ1) is 22.4. The maximum atomic E-state index is 14.6. The van der Waals surface area contributed by atoms with Gasteiger partial charge in [-0.2, -0.15) is 0 Å². The minimum atomic E-state index is -0.881. The minimum absolute atomic E-state index is 0.140. The lowest BCUT2D eigenvalue weighted by molar-refractivity contribution is -0.138. The fourth-order valence-electron chi connectivity index (χ4n) is 5.88. The number of nitrogens with zero attached hydrogens (tertiary/aromatic N) is 3. The summed E-state index contributed by atoms with van der Waals surface area (Å²) < 4.78 is 7.28. The van der Waals surface area contributed by atoms with Crippen molar-refractivity contribution in [2.75, 3.05) is 11.5 Å². The second-order valence-electron chi connectivity index (χ2n) is 10.7. The van der Waals surface area contributed by atoms with E-state index in [2.05, 4.69) is 0 Å². The zero-order chi connectivity index (χ0) is 31.9. The predicted octanol–water partition coefficient (Wildman–Crippen LogP) is 6.16. The molecule has 7 nitrogen and oxygen atoms in total. The van der Waals surface area contributed by atoms with E-state index in [0.717, 1.165) is 16.9 Å². The Morgan fingerprint density at radius 2 is 1.52 bits per heavy atom. The predicted molar refractivity (Wildman–Crippen MR) is 181 cm³/mol. The van der Waals surface area contributed by atoms with Crippen LogP contribution in [0.15, 0.2) is 118 Å². The summed E-state index contributed by atoms with van der Waals surface area (Å²) in [5.74, 6) is -0.878. The summed E-state index contributed by atoms with van der Waals surface area (Å²) in [5.41, 5.74) is 4.09. The standard InChI is InChI=1S/C36H25Cl2N3O4S/c1-2-45-35(44)29-30(22-8-4-3-5-9-22)39-36-41(31(29)23-14-18-25(38)19-15-23)34(43)32(46-36)28-26-10-6-7-11-27(26)40(33(28)42)20-21-12-16-24(37)17-13-21/h3-19,31H,2,20H2,1H3/b32-28+/t31-/m0/s1. The molecule has 2 aliphatic rings. The van der Waals surface area contributed by atoms with Crippen LogP contribution in [-0.2, 0) is 20.9 Å². The summed E-state index contributed by atoms with van der Waals surface area (Å²) in [4.78, 5) is 49.5. The third kappa shape index (κ3) is 5.18. The molecule has 1 aromatic heterocycles. The van der Waals surface area contributed by atoms with Gasteiger partial charge in [0, 0.05) is 21.2 Å². The number of halogens is 2. The molecule has 0 radical (unpaired) electrons. The summed E-state index contributed by atoms with van der Waals surface area (Å²) in [6.07, 6.45) is 0. The SMILES string of the molecule is CCOC(=O)C1=C(c2ccccc2)N=c2s/c(=C3/C(=O)N(Cc4ccc(Cl)cc4)c4ccccc43)c(=O)n2[C@H]1c1ccc(Cl)cc1. The molecule has 7 rings (SSSR count). The molecule has 0 spiro atoms. The Kier molecular flexibility index (Phi) is 7.94. The molecule has 10 heteroatoms. The van der Waals surface area contributed by atoms with Gasteiger partial charge in [0.1, 0.15) is 4.53 Å². The molecule has 0 saturated carbocycles. The van der Waals surface area contributed by atoms with Gasteiger partial charge in [0.15, 0.2) is 4.80 Å². The van der Waals surface area contributed by atoms with E-state index in [-0.39, 0.29) is 22.6 Å². The Bertz CT molecular complexity index is 2220. The molecule has 0 saturated heterocycles. The molecule has 0 aliphatic carbocycles. The molecule has 228 valence electrons. The number of carbonyl (C=O) groups is 2. The molecule has 3 heterocycles. The monoisotopic (exact) mass is 665 g/mol. The number of amides is 1. The van der Waals surface area contributed by atoms with Crippen LogP contribution in [0.5, 0.6) is 0 Å². The largest absolute Gasteiger partial charge is 0.463 e. The number of hydrogen-bond donors (Lipinski definition) is 0. The number of ether oxygens (including phenoxy) is 1. The maximum Gasteiger partial charge on any atom is 0.338 e. The Morgan fingerprint density at radius 3 is 2.22 bits per heavy atom. The van der Waals surface area contributed by atoms with E-state index < -0.39 is 17.6 Å². The van der Waals surface area contributed by atoms with Crippen LogP contribution in [-0.4, -0.2) is 23.1 Å². The van der Waals surface area contributed by atoms with E-state index >= 15 is 0 Å². The Morgan fingerprint density at radius 1 is 0.870 bits per heavy atom. The van der Waals surface area contributed by atoms with Gasteiger partial charge in [0.2, 0.25) is 0 Å². The van der Waals surface area contributed by atoms with Crippen LogP contribution in [0, 0.1) is 0 Å². The molecule has 4 aromatic carbocycles. The van der Waals surface area contributed by atoms with Crippen molar-refractivity contribution in [3.8, 4) is 0 Å². The van der Waals surface area contributed by atoms with Gasteiger partial charge in [-0.1, -0.05) is 107 Å². The van der Waals surface area contributed by atoms with E-state index in [0.29, 0.717) is 55.0 Å². The zero-order valence-electron chi connectivity index (χ0n) is 24.4. The number of para-hydroxylation sites is 1. The van der Waals surface area contributed by atoms with Crippen LogP contribution in [0.4, 0.5) is 5.69 Å². The van der Waals surface area contributed by atoms with Crippen molar-refractivity contribution in [3.63, 3.8) is 0 Å². The second-order valence-corrected chi connectivity index (χ2v) is 12.6. The van der Waals surface area contributed by atoms with Gasteiger partial charge in [-0.05, 0) is 48.4 Å². The quantitative estimate of drug-likeness (QED) is 0.204. The second kappa shape index (κ2) is 12.2. The molecule has 0 N–H and O–H groups in total. The van der Waals surface area contributed by atoms with Gasteiger partial charge in [-0.3, -0.25) is 14.2 Å². The number of rotatable bonds is 6. The number of anilines is 1. The third-order valence-corrected chi connectivity index (χ3v) is 9.50. The lowest BCUT2D eigenvalue weighted by Gasteiger charge is -2.26. The molecule has 5 aromatic rings. The number of esters is 1. The van der Waals surface area contributed by atoms with E-state index in [4.69, 9.17) is 32.9 Å². The van der Waals surface area contributed by atoms with Gasteiger partial charge in [0.05, 0.1) is 41.7 Å². The lowest BCUT2D eigenvalue weighted by Crippen LogP contribution is -2.41. The molecule has 1 atom stereocenters. The lowest BCUT2D eigenvalue weighted by atomic mass is 9.93. The Hall–Kier alpha value is -4.76. The zero-order valence-corrected chi connectivity index (χ0v) is 26.8. The van der Waals surface area contributed by atoms with Crippen LogP contribution in [0.2, 0.25) is 10.0 Å². The smallest absolute Gasteiger partial charge is 0.338 e. The highest BCUT2D eigenvalue weighted by molar-refractivity contribution is 7.07. The van der Waals surface area contributed by atoms with E-state index in [1.165, 1.54) is 4.57 Å².